The molecule has 2 rings (SSSR count). The lowest BCUT2D eigenvalue weighted by Gasteiger charge is -2.32. The van der Waals surface area contributed by atoms with E-state index in [1.807, 2.05) is 0 Å². The summed E-state index contributed by atoms with van der Waals surface area (Å²) in [5.74, 6) is 0.903. The van der Waals surface area contributed by atoms with Gasteiger partial charge in [-0.25, -0.2) is 0 Å². The van der Waals surface area contributed by atoms with Gasteiger partial charge < -0.3 is 10.2 Å². The summed E-state index contributed by atoms with van der Waals surface area (Å²) < 4.78 is 0. The van der Waals surface area contributed by atoms with E-state index in [4.69, 9.17) is 0 Å². The maximum Gasteiger partial charge on any atom is 0.0107 e. The minimum Gasteiger partial charge on any atom is -0.314 e. The summed E-state index contributed by atoms with van der Waals surface area (Å²) in [5.41, 5.74) is 0. The van der Waals surface area contributed by atoms with Crippen molar-refractivity contribution < 1.29 is 0 Å². The molecule has 2 saturated carbocycles. The van der Waals surface area contributed by atoms with Crippen molar-refractivity contribution in [3.05, 3.63) is 0 Å². The zero-order valence-corrected chi connectivity index (χ0v) is 13.2. The van der Waals surface area contributed by atoms with Crippen molar-refractivity contribution in [1.29, 1.82) is 0 Å². The fraction of sp³-hybridized carbons (Fsp3) is 1.00. The molecule has 0 aromatic carbocycles. The van der Waals surface area contributed by atoms with Gasteiger partial charge in [-0.05, 0) is 51.6 Å². The fourth-order valence-corrected chi connectivity index (χ4v) is 4.07. The molecule has 0 bridgehead atoms. The van der Waals surface area contributed by atoms with Crippen molar-refractivity contribution in [1.82, 2.24) is 10.2 Å². The van der Waals surface area contributed by atoms with E-state index in [-0.39, 0.29) is 0 Å². The van der Waals surface area contributed by atoms with Crippen molar-refractivity contribution in [2.24, 2.45) is 5.92 Å². The first-order chi connectivity index (χ1) is 9.31. The molecule has 2 aliphatic carbocycles. The molecule has 2 aliphatic rings. The lowest BCUT2D eigenvalue weighted by Crippen LogP contribution is -2.41. The Balaban J connectivity index is 1.77. The molecule has 2 heteroatoms. The van der Waals surface area contributed by atoms with Gasteiger partial charge in [-0.1, -0.05) is 39.0 Å². The van der Waals surface area contributed by atoms with Crippen LogP contribution in [0.15, 0.2) is 0 Å². The van der Waals surface area contributed by atoms with Crippen molar-refractivity contribution >= 4 is 0 Å². The Labute approximate surface area is 120 Å². The van der Waals surface area contributed by atoms with Crippen molar-refractivity contribution in [3.63, 3.8) is 0 Å². The van der Waals surface area contributed by atoms with Gasteiger partial charge in [0.1, 0.15) is 0 Å². The molecular weight excluding hydrogens is 232 g/mol. The van der Waals surface area contributed by atoms with E-state index in [9.17, 15) is 0 Å². The first-order valence-electron chi connectivity index (χ1n) is 8.75. The van der Waals surface area contributed by atoms with Crippen LogP contribution in [-0.2, 0) is 0 Å². The van der Waals surface area contributed by atoms with Crippen LogP contribution < -0.4 is 5.32 Å². The third-order valence-corrected chi connectivity index (χ3v) is 5.29. The summed E-state index contributed by atoms with van der Waals surface area (Å²) in [6.45, 7) is 4.80. The number of nitrogens with zero attached hydrogens (tertiary/aromatic N) is 1. The van der Waals surface area contributed by atoms with Gasteiger partial charge in [0, 0.05) is 18.6 Å². The van der Waals surface area contributed by atoms with Gasteiger partial charge in [0.15, 0.2) is 0 Å². The molecule has 1 N–H and O–H groups in total. The Morgan fingerprint density at radius 2 is 1.68 bits per heavy atom. The zero-order chi connectivity index (χ0) is 13.5. The quantitative estimate of drug-likeness (QED) is 0.736. The van der Waals surface area contributed by atoms with Crippen LogP contribution in [0.5, 0.6) is 0 Å². The number of nitrogens with one attached hydrogen (secondary N) is 1. The fourth-order valence-electron chi connectivity index (χ4n) is 4.07. The van der Waals surface area contributed by atoms with Crippen LogP contribution in [-0.4, -0.2) is 37.1 Å². The molecule has 19 heavy (non-hydrogen) atoms. The van der Waals surface area contributed by atoms with E-state index in [0.29, 0.717) is 0 Å². The SMILES string of the molecule is CCCNC1CCCC1CN(C)C1CCCCCC1. The number of rotatable bonds is 6. The van der Waals surface area contributed by atoms with Crippen molar-refractivity contribution in [2.45, 2.75) is 83.2 Å². The van der Waals surface area contributed by atoms with Crippen molar-refractivity contribution in [2.75, 3.05) is 20.1 Å². The van der Waals surface area contributed by atoms with E-state index >= 15 is 0 Å². The predicted molar refractivity (Wildman–Crippen MR) is 83.5 cm³/mol. The van der Waals surface area contributed by atoms with E-state index in [0.717, 1.165) is 18.0 Å². The minimum absolute atomic E-state index is 0.799. The summed E-state index contributed by atoms with van der Waals surface area (Å²) in [6, 6.07) is 1.67. The molecule has 2 nitrogen and oxygen atoms in total. The third-order valence-electron chi connectivity index (χ3n) is 5.29. The smallest absolute Gasteiger partial charge is 0.0107 e. The summed E-state index contributed by atoms with van der Waals surface area (Å²) in [6.07, 6.45) is 14.3. The molecular formula is C17H34N2. The number of hydrogen-bond donors (Lipinski definition) is 1. The van der Waals surface area contributed by atoms with Crippen molar-refractivity contribution in [3.8, 4) is 0 Å². The van der Waals surface area contributed by atoms with E-state index in [1.54, 1.807) is 0 Å². The highest BCUT2D eigenvalue weighted by Crippen LogP contribution is 2.28. The molecule has 0 radical (unpaired) electrons. The van der Waals surface area contributed by atoms with Gasteiger partial charge in [-0.2, -0.15) is 0 Å². The molecule has 0 aromatic heterocycles. The number of hydrogen-bond acceptors (Lipinski definition) is 2. The Morgan fingerprint density at radius 3 is 2.37 bits per heavy atom. The summed E-state index contributed by atoms with van der Waals surface area (Å²) in [7, 11) is 2.38. The maximum atomic E-state index is 3.78. The van der Waals surface area contributed by atoms with Crippen LogP contribution >= 0.6 is 0 Å². The molecule has 2 atom stereocenters. The molecule has 0 amide bonds. The van der Waals surface area contributed by atoms with Crippen LogP contribution in [0.2, 0.25) is 0 Å². The molecule has 0 aromatic rings. The summed E-state index contributed by atoms with van der Waals surface area (Å²) >= 11 is 0. The second-order valence-corrected chi connectivity index (χ2v) is 6.84. The Hall–Kier alpha value is -0.0800. The standard InChI is InChI=1S/C17H34N2/c1-3-13-18-17-12-8-9-15(17)14-19(2)16-10-6-4-5-7-11-16/h15-18H,3-14H2,1-2H3. The second kappa shape index (κ2) is 8.26. The van der Waals surface area contributed by atoms with Crippen LogP contribution in [0, 0.1) is 5.92 Å². The highest BCUT2D eigenvalue weighted by molar-refractivity contribution is 4.86. The van der Waals surface area contributed by atoms with Crippen LogP contribution in [0.25, 0.3) is 0 Å². The molecule has 112 valence electrons. The summed E-state index contributed by atoms with van der Waals surface area (Å²) in [5, 5.41) is 3.78. The Morgan fingerprint density at radius 1 is 0.947 bits per heavy atom. The van der Waals surface area contributed by atoms with Crippen LogP contribution in [0.1, 0.15) is 71.1 Å². The van der Waals surface area contributed by atoms with E-state index < -0.39 is 0 Å². The Bertz CT molecular complexity index is 233. The third kappa shape index (κ3) is 4.75. The van der Waals surface area contributed by atoms with Gasteiger partial charge >= 0.3 is 0 Å². The molecule has 0 heterocycles. The molecule has 0 aliphatic heterocycles. The average Bonchev–Trinajstić information content (AvgIpc) is 2.67. The zero-order valence-electron chi connectivity index (χ0n) is 13.2. The average molecular weight is 266 g/mol. The minimum atomic E-state index is 0.799. The first kappa shape index (κ1) is 15.3. The normalized spacial score (nSPS) is 29.8. The maximum absolute atomic E-state index is 3.78. The predicted octanol–water partition coefficient (Wildman–Crippen LogP) is 3.81. The Kier molecular flexibility index (Phi) is 6.66. The lowest BCUT2D eigenvalue weighted by molar-refractivity contribution is 0.178. The monoisotopic (exact) mass is 266 g/mol. The van der Waals surface area contributed by atoms with Crippen LogP contribution in [0.3, 0.4) is 0 Å². The van der Waals surface area contributed by atoms with Crippen LogP contribution in [0.4, 0.5) is 0 Å². The topological polar surface area (TPSA) is 15.3 Å². The van der Waals surface area contributed by atoms with Gasteiger partial charge in [0.25, 0.3) is 0 Å². The van der Waals surface area contributed by atoms with Gasteiger partial charge in [0.05, 0.1) is 0 Å². The first-order valence-corrected chi connectivity index (χ1v) is 8.75. The molecule has 0 saturated heterocycles. The molecule has 2 unspecified atom stereocenters. The lowest BCUT2D eigenvalue weighted by atomic mass is 10.00. The van der Waals surface area contributed by atoms with Gasteiger partial charge in [-0.15, -0.1) is 0 Å². The molecule has 0 spiro atoms. The van der Waals surface area contributed by atoms with Gasteiger partial charge in [0.2, 0.25) is 0 Å². The van der Waals surface area contributed by atoms with Gasteiger partial charge in [-0.3, -0.25) is 0 Å². The summed E-state index contributed by atoms with van der Waals surface area (Å²) in [4.78, 5) is 2.70. The largest absolute Gasteiger partial charge is 0.314 e. The molecule has 2 fully saturated rings. The highest BCUT2D eigenvalue weighted by Gasteiger charge is 2.29. The van der Waals surface area contributed by atoms with E-state index in [1.165, 1.54) is 77.3 Å². The highest BCUT2D eigenvalue weighted by atomic mass is 15.1. The second-order valence-electron chi connectivity index (χ2n) is 6.84. The van der Waals surface area contributed by atoms with E-state index in [2.05, 4.69) is 24.2 Å².